The Morgan fingerprint density at radius 1 is 1.17 bits per heavy atom. The standard InChI is InChI=1S/C14H22O4/c1-4-6-7-8-9-10-17-14(16)12(3)11-18-13(15)5-2/h5,11H,2,4,6-10H2,1,3H3. The van der Waals surface area contributed by atoms with Gasteiger partial charge >= 0.3 is 11.9 Å². The number of carbonyl (C=O) groups is 2. The first-order valence-electron chi connectivity index (χ1n) is 6.28. The lowest BCUT2D eigenvalue weighted by atomic mass is 10.2. The number of rotatable bonds is 9. The second kappa shape index (κ2) is 10.6. The summed E-state index contributed by atoms with van der Waals surface area (Å²) in [5.41, 5.74) is 0.263. The van der Waals surface area contributed by atoms with Gasteiger partial charge in [-0.05, 0) is 13.3 Å². The van der Waals surface area contributed by atoms with E-state index in [2.05, 4.69) is 18.2 Å². The van der Waals surface area contributed by atoms with E-state index >= 15 is 0 Å². The highest BCUT2D eigenvalue weighted by molar-refractivity contribution is 5.88. The molecule has 102 valence electrons. The zero-order chi connectivity index (χ0) is 13.8. The Labute approximate surface area is 109 Å². The second-order valence-electron chi connectivity index (χ2n) is 3.99. The largest absolute Gasteiger partial charge is 0.462 e. The van der Waals surface area contributed by atoms with Crippen LogP contribution < -0.4 is 0 Å². The Hall–Kier alpha value is -1.58. The number of carbonyl (C=O) groups excluding carboxylic acids is 2. The Balaban J connectivity index is 3.74. The molecule has 0 heterocycles. The van der Waals surface area contributed by atoms with Gasteiger partial charge in [-0.3, -0.25) is 0 Å². The second-order valence-corrected chi connectivity index (χ2v) is 3.99. The highest BCUT2D eigenvalue weighted by atomic mass is 16.5. The molecule has 4 nitrogen and oxygen atoms in total. The Bertz CT molecular complexity index is 305. The van der Waals surface area contributed by atoms with Gasteiger partial charge in [-0.2, -0.15) is 0 Å². The molecule has 0 fully saturated rings. The molecule has 0 unspecified atom stereocenters. The third-order valence-corrected chi connectivity index (χ3v) is 2.32. The van der Waals surface area contributed by atoms with Crippen molar-refractivity contribution < 1.29 is 19.1 Å². The van der Waals surface area contributed by atoms with Crippen molar-refractivity contribution >= 4 is 11.9 Å². The van der Waals surface area contributed by atoms with Crippen LogP contribution in [0.1, 0.15) is 46.0 Å². The summed E-state index contributed by atoms with van der Waals surface area (Å²) in [6, 6.07) is 0. The lowest BCUT2D eigenvalue weighted by Gasteiger charge is -2.04. The smallest absolute Gasteiger partial charge is 0.336 e. The van der Waals surface area contributed by atoms with Crippen LogP contribution >= 0.6 is 0 Å². The van der Waals surface area contributed by atoms with Crippen molar-refractivity contribution in [2.75, 3.05) is 6.61 Å². The lowest BCUT2D eigenvalue weighted by Crippen LogP contribution is -2.08. The summed E-state index contributed by atoms with van der Waals surface area (Å²) < 4.78 is 9.64. The monoisotopic (exact) mass is 254 g/mol. The van der Waals surface area contributed by atoms with Crippen molar-refractivity contribution in [1.29, 1.82) is 0 Å². The molecule has 0 aliphatic heterocycles. The minimum atomic E-state index is -0.596. The molecule has 0 N–H and O–H groups in total. The van der Waals surface area contributed by atoms with Crippen molar-refractivity contribution in [2.24, 2.45) is 0 Å². The fourth-order valence-corrected chi connectivity index (χ4v) is 1.23. The number of unbranched alkanes of at least 4 members (excludes halogenated alkanes) is 4. The molecule has 0 bridgehead atoms. The van der Waals surface area contributed by atoms with Crippen LogP contribution in [-0.4, -0.2) is 18.5 Å². The van der Waals surface area contributed by atoms with Crippen LogP contribution in [0.3, 0.4) is 0 Å². The first-order chi connectivity index (χ1) is 8.61. The number of hydrogen-bond acceptors (Lipinski definition) is 4. The van der Waals surface area contributed by atoms with Gasteiger partial charge in [0.05, 0.1) is 12.2 Å². The molecule has 0 aromatic carbocycles. The minimum absolute atomic E-state index is 0.263. The van der Waals surface area contributed by atoms with Crippen LogP contribution in [0.15, 0.2) is 24.5 Å². The van der Waals surface area contributed by atoms with Crippen LogP contribution in [-0.2, 0) is 19.1 Å². The van der Waals surface area contributed by atoms with Gasteiger partial charge in [0.1, 0.15) is 6.26 Å². The van der Waals surface area contributed by atoms with Crippen LogP contribution in [0, 0.1) is 0 Å². The predicted molar refractivity (Wildman–Crippen MR) is 69.8 cm³/mol. The topological polar surface area (TPSA) is 52.6 Å². The molecule has 0 rings (SSSR count). The van der Waals surface area contributed by atoms with Gasteiger partial charge in [0, 0.05) is 6.08 Å². The predicted octanol–water partition coefficient (Wildman–Crippen LogP) is 3.13. The molecule has 0 aliphatic carbocycles. The number of ether oxygens (including phenoxy) is 2. The maximum Gasteiger partial charge on any atom is 0.336 e. The summed E-state index contributed by atoms with van der Waals surface area (Å²) in [7, 11) is 0. The van der Waals surface area contributed by atoms with Gasteiger partial charge in [-0.25, -0.2) is 9.59 Å². The lowest BCUT2D eigenvalue weighted by molar-refractivity contribution is -0.139. The van der Waals surface area contributed by atoms with E-state index in [0.717, 1.165) is 25.2 Å². The molecule has 0 aliphatic rings. The minimum Gasteiger partial charge on any atom is -0.462 e. The molecule has 0 saturated carbocycles. The van der Waals surface area contributed by atoms with E-state index in [1.54, 1.807) is 0 Å². The van der Waals surface area contributed by atoms with E-state index in [1.165, 1.54) is 26.2 Å². The fourth-order valence-electron chi connectivity index (χ4n) is 1.23. The Morgan fingerprint density at radius 3 is 2.44 bits per heavy atom. The normalized spacial score (nSPS) is 10.9. The zero-order valence-corrected chi connectivity index (χ0v) is 11.2. The highest BCUT2D eigenvalue weighted by Gasteiger charge is 2.06. The molecular weight excluding hydrogens is 232 g/mol. The number of hydrogen-bond donors (Lipinski definition) is 0. The van der Waals surface area contributed by atoms with Gasteiger partial charge in [-0.15, -0.1) is 0 Å². The van der Waals surface area contributed by atoms with Crippen LogP contribution in [0.5, 0.6) is 0 Å². The van der Waals surface area contributed by atoms with E-state index in [9.17, 15) is 9.59 Å². The van der Waals surface area contributed by atoms with Crippen LogP contribution in [0.25, 0.3) is 0 Å². The zero-order valence-electron chi connectivity index (χ0n) is 11.2. The molecule has 0 spiro atoms. The van der Waals surface area contributed by atoms with Gasteiger partial charge in [0.25, 0.3) is 0 Å². The Morgan fingerprint density at radius 2 is 1.83 bits per heavy atom. The molecule has 0 radical (unpaired) electrons. The molecule has 0 atom stereocenters. The van der Waals surface area contributed by atoms with Crippen molar-refractivity contribution in [3.05, 3.63) is 24.5 Å². The first-order valence-corrected chi connectivity index (χ1v) is 6.28. The molecular formula is C14H22O4. The molecule has 18 heavy (non-hydrogen) atoms. The summed E-state index contributed by atoms with van der Waals surface area (Å²) in [6.07, 6.45) is 7.62. The van der Waals surface area contributed by atoms with Crippen molar-refractivity contribution in [2.45, 2.75) is 46.0 Å². The summed E-state index contributed by atoms with van der Waals surface area (Å²) >= 11 is 0. The first kappa shape index (κ1) is 16.4. The SMILES string of the molecule is C=CC(=O)OC=C(C)C(=O)OCCCCCCC. The molecule has 4 heteroatoms. The van der Waals surface area contributed by atoms with Crippen LogP contribution in [0.4, 0.5) is 0 Å². The fraction of sp³-hybridized carbons (Fsp3) is 0.571. The third kappa shape index (κ3) is 8.56. The van der Waals surface area contributed by atoms with Crippen LogP contribution in [0.2, 0.25) is 0 Å². The molecule has 0 aromatic rings. The maximum atomic E-state index is 11.4. The average molecular weight is 254 g/mol. The van der Waals surface area contributed by atoms with Crippen molar-refractivity contribution in [3.8, 4) is 0 Å². The van der Waals surface area contributed by atoms with Gasteiger partial charge in [-0.1, -0.05) is 39.2 Å². The molecule has 0 amide bonds. The van der Waals surface area contributed by atoms with E-state index in [-0.39, 0.29) is 5.57 Å². The van der Waals surface area contributed by atoms with E-state index < -0.39 is 11.9 Å². The maximum absolute atomic E-state index is 11.4. The summed E-state index contributed by atoms with van der Waals surface area (Å²) in [6.45, 7) is 7.34. The van der Waals surface area contributed by atoms with Crippen molar-refractivity contribution in [1.82, 2.24) is 0 Å². The van der Waals surface area contributed by atoms with E-state index in [4.69, 9.17) is 4.74 Å². The quantitative estimate of drug-likeness (QED) is 0.274. The third-order valence-electron chi connectivity index (χ3n) is 2.32. The number of esters is 2. The molecule has 0 aromatic heterocycles. The van der Waals surface area contributed by atoms with Gasteiger partial charge in [0.15, 0.2) is 0 Å². The van der Waals surface area contributed by atoms with E-state index in [1.807, 2.05) is 0 Å². The average Bonchev–Trinajstić information content (AvgIpc) is 2.39. The van der Waals surface area contributed by atoms with Gasteiger partial charge in [0.2, 0.25) is 0 Å². The van der Waals surface area contributed by atoms with Gasteiger partial charge < -0.3 is 9.47 Å². The summed E-state index contributed by atoms with van der Waals surface area (Å²) in [5, 5.41) is 0. The van der Waals surface area contributed by atoms with Crippen molar-refractivity contribution in [3.63, 3.8) is 0 Å². The molecule has 0 saturated heterocycles. The highest BCUT2D eigenvalue weighted by Crippen LogP contribution is 2.04. The summed E-state index contributed by atoms with van der Waals surface area (Å²) in [4.78, 5) is 22.2. The van der Waals surface area contributed by atoms with E-state index in [0.29, 0.717) is 6.61 Å². The Kier molecular flexibility index (Phi) is 9.64. The summed E-state index contributed by atoms with van der Waals surface area (Å²) in [5.74, 6) is -1.05.